The fourth-order valence-electron chi connectivity index (χ4n) is 2.15. The molecule has 0 spiro atoms. The van der Waals surface area contributed by atoms with Crippen LogP contribution in [0.1, 0.15) is 36.7 Å². The fraction of sp³-hybridized carbons (Fsp3) is 0.400. The average Bonchev–Trinajstić information content (AvgIpc) is 2.84. The molecule has 2 aromatic rings. The van der Waals surface area contributed by atoms with Crippen molar-refractivity contribution in [2.75, 3.05) is 0 Å². The van der Waals surface area contributed by atoms with Crippen LogP contribution in [-0.2, 0) is 6.42 Å². The first-order valence-corrected chi connectivity index (χ1v) is 6.68. The summed E-state index contributed by atoms with van der Waals surface area (Å²) in [6.45, 7) is 5.39. The molecule has 0 aliphatic rings. The van der Waals surface area contributed by atoms with Crippen molar-refractivity contribution in [2.24, 2.45) is 5.73 Å². The Hall–Kier alpha value is -1.85. The van der Waals surface area contributed by atoms with Crippen molar-refractivity contribution < 1.29 is 14.4 Å². The van der Waals surface area contributed by atoms with Crippen LogP contribution in [0.3, 0.4) is 0 Å². The van der Waals surface area contributed by atoms with Crippen molar-refractivity contribution >= 4 is 16.9 Å². The van der Waals surface area contributed by atoms with Gasteiger partial charge < -0.3 is 10.2 Å². The molecule has 5 nitrogen and oxygen atoms in total. The molecule has 1 amide bonds. The van der Waals surface area contributed by atoms with E-state index in [2.05, 4.69) is 0 Å². The normalized spacial score (nSPS) is 12.9. The lowest BCUT2D eigenvalue weighted by atomic mass is 10.0. The van der Waals surface area contributed by atoms with Gasteiger partial charge in [-0.1, -0.05) is 0 Å². The summed E-state index contributed by atoms with van der Waals surface area (Å²) in [5, 5.41) is 11.3. The highest BCUT2D eigenvalue weighted by molar-refractivity contribution is 5.98. The quantitative estimate of drug-likeness (QED) is 0.664. The van der Waals surface area contributed by atoms with E-state index < -0.39 is 5.91 Å². The first kappa shape index (κ1) is 14.6. The largest absolute Gasteiger partial charge is 0.464 e. The number of furan rings is 1. The summed E-state index contributed by atoms with van der Waals surface area (Å²) in [6, 6.07) is 4.94. The highest BCUT2D eigenvalue weighted by Crippen LogP contribution is 2.24. The Kier molecular flexibility index (Phi) is 4.11. The summed E-state index contributed by atoms with van der Waals surface area (Å²) in [7, 11) is 0. The van der Waals surface area contributed by atoms with Crippen LogP contribution in [0, 0.1) is 0 Å². The molecule has 2 rings (SSSR count). The first-order chi connectivity index (χ1) is 9.40. The van der Waals surface area contributed by atoms with Gasteiger partial charge in [-0.25, -0.2) is 5.06 Å². The van der Waals surface area contributed by atoms with Crippen LogP contribution < -0.4 is 5.73 Å². The zero-order valence-corrected chi connectivity index (χ0v) is 12.0. The molecular formula is C15H20N2O3. The van der Waals surface area contributed by atoms with Gasteiger partial charge in [0.05, 0.1) is 12.3 Å². The molecule has 5 heteroatoms. The number of nitrogens with zero attached hydrogens (tertiary/aromatic N) is 1. The summed E-state index contributed by atoms with van der Waals surface area (Å²) in [5.74, 6) is -0.422. The van der Waals surface area contributed by atoms with Crippen LogP contribution >= 0.6 is 0 Å². The van der Waals surface area contributed by atoms with E-state index in [4.69, 9.17) is 10.2 Å². The van der Waals surface area contributed by atoms with Gasteiger partial charge in [-0.05, 0) is 51.0 Å². The second-order valence-electron chi connectivity index (χ2n) is 5.40. The second kappa shape index (κ2) is 5.64. The molecule has 108 valence electrons. The van der Waals surface area contributed by atoms with Gasteiger partial charge >= 0.3 is 0 Å². The van der Waals surface area contributed by atoms with Crippen molar-refractivity contribution in [1.29, 1.82) is 0 Å². The molecule has 3 N–H and O–H groups in total. The van der Waals surface area contributed by atoms with E-state index in [0.29, 0.717) is 12.0 Å². The molecule has 1 heterocycles. The maximum atomic E-state index is 12.2. The maximum absolute atomic E-state index is 12.2. The number of hydrogen-bond acceptors (Lipinski definition) is 4. The lowest BCUT2D eigenvalue weighted by Crippen LogP contribution is -2.33. The van der Waals surface area contributed by atoms with Gasteiger partial charge in [0.15, 0.2) is 0 Å². The molecule has 1 atom stereocenters. The number of nitrogens with two attached hydrogens (primary N) is 1. The summed E-state index contributed by atoms with van der Waals surface area (Å²) >= 11 is 0. The molecule has 0 aliphatic carbocycles. The van der Waals surface area contributed by atoms with E-state index in [-0.39, 0.29) is 12.1 Å². The molecule has 0 radical (unpaired) electrons. The number of carbonyl (C=O) groups is 1. The minimum Gasteiger partial charge on any atom is -0.464 e. The first-order valence-electron chi connectivity index (χ1n) is 6.68. The summed E-state index contributed by atoms with van der Waals surface area (Å²) in [5.41, 5.74) is 7.89. The topological polar surface area (TPSA) is 79.7 Å². The molecule has 20 heavy (non-hydrogen) atoms. The fourth-order valence-corrected chi connectivity index (χ4v) is 2.15. The molecule has 0 saturated heterocycles. The Balaban J connectivity index is 2.46. The molecule has 0 fully saturated rings. The smallest absolute Gasteiger partial charge is 0.277 e. The van der Waals surface area contributed by atoms with Crippen LogP contribution in [0.4, 0.5) is 0 Å². The van der Waals surface area contributed by atoms with Crippen LogP contribution in [0.25, 0.3) is 11.0 Å². The van der Waals surface area contributed by atoms with Crippen molar-refractivity contribution in [3.63, 3.8) is 0 Å². The van der Waals surface area contributed by atoms with Crippen molar-refractivity contribution in [3.8, 4) is 0 Å². The minimum atomic E-state index is -0.422. The third-order valence-corrected chi connectivity index (χ3v) is 3.11. The Morgan fingerprint density at radius 2 is 2.10 bits per heavy atom. The van der Waals surface area contributed by atoms with Gasteiger partial charge in [-0.2, -0.15) is 0 Å². The number of rotatable bonds is 4. The summed E-state index contributed by atoms with van der Waals surface area (Å²) in [4.78, 5) is 12.2. The molecule has 1 unspecified atom stereocenters. The number of carbonyl (C=O) groups excluding carboxylic acids is 1. The average molecular weight is 276 g/mol. The highest BCUT2D eigenvalue weighted by Gasteiger charge is 2.19. The van der Waals surface area contributed by atoms with Gasteiger partial charge in [0.2, 0.25) is 0 Å². The Bertz CT molecular complexity index is 617. The van der Waals surface area contributed by atoms with Crippen molar-refractivity contribution in [1.82, 2.24) is 5.06 Å². The van der Waals surface area contributed by atoms with Crippen LogP contribution in [0.15, 0.2) is 28.9 Å². The molecule has 0 aliphatic heterocycles. The monoisotopic (exact) mass is 276 g/mol. The van der Waals surface area contributed by atoms with Gasteiger partial charge in [-0.3, -0.25) is 10.0 Å². The van der Waals surface area contributed by atoms with Crippen LogP contribution in [0.5, 0.6) is 0 Å². The SMILES string of the molecule is CC(N)Cc1cc(C(=O)N(O)C(C)C)cc2ccoc12. The van der Waals surface area contributed by atoms with Gasteiger partial charge in [0.1, 0.15) is 5.58 Å². The number of hydrogen-bond donors (Lipinski definition) is 2. The predicted molar refractivity (Wildman–Crippen MR) is 76.7 cm³/mol. The number of amides is 1. The van der Waals surface area contributed by atoms with Crippen molar-refractivity contribution in [2.45, 2.75) is 39.3 Å². The predicted octanol–water partition coefficient (Wildman–Crippen LogP) is 2.56. The third kappa shape index (κ3) is 2.84. The maximum Gasteiger partial charge on any atom is 0.277 e. The summed E-state index contributed by atoms with van der Waals surface area (Å²) in [6.07, 6.45) is 2.20. The third-order valence-electron chi connectivity index (χ3n) is 3.11. The van der Waals surface area contributed by atoms with Gasteiger partial charge in [0.25, 0.3) is 5.91 Å². The second-order valence-corrected chi connectivity index (χ2v) is 5.40. The zero-order chi connectivity index (χ0) is 14.9. The van der Waals surface area contributed by atoms with E-state index in [1.807, 2.05) is 6.92 Å². The van der Waals surface area contributed by atoms with E-state index >= 15 is 0 Å². The van der Waals surface area contributed by atoms with E-state index in [1.165, 1.54) is 0 Å². The lowest BCUT2D eigenvalue weighted by Gasteiger charge is -2.19. The zero-order valence-electron chi connectivity index (χ0n) is 12.0. The summed E-state index contributed by atoms with van der Waals surface area (Å²) < 4.78 is 5.45. The number of benzene rings is 1. The molecule has 1 aromatic heterocycles. The number of fused-ring (bicyclic) bond motifs is 1. The molecule has 1 aromatic carbocycles. The standard InChI is InChI=1S/C15H20N2O3/c1-9(2)17(19)15(18)13-7-11-4-5-20-14(11)12(8-13)6-10(3)16/h4-5,7-10,19H,6,16H2,1-3H3. The minimum absolute atomic E-state index is 0.0380. The van der Waals surface area contributed by atoms with Gasteiger partial charge in [-0.15, -0.1) is 0 Å². The van der Waals surface area contributed by atoms with Crippen molar-refractivity contribution in [3.05, 3.63) is 35.6 Å². The molecule has 0 bridgehead atoms. The van der Waals surface area contributed by atoms with Crippen LogP contribution in [0.2, 0.25) is 0 Å². The lowest BCUT2D eigenvalue weighted by molar-refractivity contribution is -0.0794. The Morgan fingerprint density at radius 3 is 2.70 bits per heavy atom. The Morgan fingerprint density at radius 1 is 1.40 bits per heavy atom. The Labute approximate surface area is 117 Å². The van der Waals surface area contributed by atoms with E-state index in [0.717, 1.165) is 21.6 Å². The van der Waals surface area contributed by atoms with E-state index in [9.17, 15) is 10.0 Å². The highest BCUT2D eigenvalue weighted by atomic mass is 16.5. The van der Waals surface area contributed by atoms with Gasteiger partial charge in [0, 0.05) is 17.0 Å². The van der Waals surface area contributed by atoms with E-state index in [1.54, 1.807) is 38.3 Å². The molecular weight excluding hydrogens is 256 g/mol. The van der Waals surface area contributed by atoms with Crippen LogP contribution in [-0.4, -0.2) is 28.3 Å². The number of hydroxylamine groups is 2. The molecule has 0 saturated carbocycles.